The molecule has 1 heterocycles. The van der Waals surface area contributed by atoms with Crippen molar-refractivity contribution in [2.45, 2.75) is 41.5 Å². The van der Waals surface area contributed by atoms with E-state index in [-0.39, 0.29) is 0 Å². The molecule has 0 N–H and O–H groups in total. The Morgan fingerprint density at radius 1 is 0.241 bits per heavy atom. The number of hydrogen-bond acceptors (Lipinski definition) is 2. The van der Waals surface area contributed by atoms with E-state index in [9.17, 15) is 0 Å². The molecule has 0 amide bonds. The largest absolute Gasteiger partial charge is 0.228 e. The van der Waals surface area contributed by atoms with E-state index in [1.807, 2.05) is 0 Å². The molecule has 0 bridgehead atoms. The Hall–Kier alpha value is -6.38. The van der Waals surface area contributed by atoms with Crippen LogP contribution in [0.5, 0.6) is 0 Å². The SMILES string of the molecule is Cc1cccc(-c2cccc(-c3cc(C)cc(-c4cc(-c5cc(C)cc(-c6cccc(-c7cccc(C)c7)c6)c5)nc(-c5cc(C)cc(C)c5)n4)c3)c2)c1. The van der Waals surface area contributed by atoms with E-state index < -0.39 is 0 Å². The molecule has 0 unspecified atom stereocenters. The minimum atomic E-state index is 0.725. The number of rotatable bonds is 7. The van der Waals surface area contributed by atoms with Crippen LogP contribution in [0.15, 0.2) is 158 Å². The van der Waals surface area contributed by atoms with Crippen LogP contribution >= 0.6 is 0 Å². The lowest BCUT2D eigenvalue weighted by Gasteiger charge is -2.14. The van der Waals surface area contributed by atoms with Gasteiger partial charge < -0.3 is 0 Å². The monoisotopic (exact) mass is 696 g/mol. The molecular formula is C52H44N2. The van der Waals surface area contributed by atoms with E-state index in [0.717, 1.165) is 33.9 Å². The smallest absolute Gasteiger partial charge is 0.160 e. The number of hydrogen-bond donors (Lipinski definition) is 0. The second-order valence-corrected chi connectivity index (χ2v) is 14.9. The van der Waals surface area contributed by atoms with Crippen LogP contribution < -0.4 is 0 Å². The maximum Gasteiger partial charge on any atom is 0.160 e. The fourth-order valence-electron chi connectivity index (χ4n) is 7.58. The number of nitrogens with zero attached hydrogens (tertiary/aromatic N) is 2. The van der Waals surface area contributed by atoms with Gasteiger partial charge in [-0.2, -0.15) is 0 Å². The highest BCUT2D eigenvalue weighted by atomic mass is 14.9. The molecule has 1 aromatic heterocycles. The van der Waals surface area contributed by atoms with Crippen LogP contribution in [-0.4, -0.2) is 9.97 Å². The Labute approximate surface area is 319 Å². The lowest BCUT2D eigenvalue weighted by molar-refractivity contribution is 1.17. The Morgan fingerprint density at radius 2 is 0.537 bits per heavy atom. The van der Waals surface area contributed by atoms with Crippen LogP contribution in [0.1, 0.15) is 33.4 Å². The molecule has 0 aliphatic carbocycles. The molecule has 262 valence electrons. The van der Waals surface area contributed by atoms with E-state index in [0.29, 0.717) is 0 Å². The Bertz CT molecular complexity index is 2500. The first-order chi connectivity index (χ1) is 26.1. The van der Waals surface area contributed by atoms with Crippen molar-refractivity contribution in [2.75, 3.05) is 0 Å². The topological polar surface area (TPSA) is 25.8 Å². The van der Waals surface area contributed by atoms with Gasteiger partial charge in [0.1, 0.15) is 0 Å². The molecule has 2 heteroatoms. The molecule has 54 heavy (non-hydrogen) atoms. The first kappa shape index (κ1) is 34.7. The Kier molecular flexibility index (Phi) is 9.36. The Morgan fingerprint density at radius 3 is 0.963 bits per heavy atom. The van der Waals surface area contributed by atoms with Gasteiger partial charge in [-0.25, -0.2) is 9.97 Å². The maximum absolute atomic E-state index is 5.28. The first-order valence-corrected chi connectivity index (χ1v) is 18.7. The normalized spacial score (nSPS) is 11.1. The van der Waals surface area contributed by atoms with Crippen molar-refractivity contribution in [3.63, 3.8) is 0 Å². The van der Waals surface area contributed by atoms with Crippen LogP contribution in [0.2, 0.25) is 0 Å². The van der Waals surface area contributed by atoms with Crippen LogP contribution in [0, 0.1) is 41.5 Å². The van der Waals surface area contributed by atoms with Gasteiger partial charge in [-0.05, 0) is 152 Å². The van der Waals surface area contributed by atoms with Crippen LogP contribution in [0.25, 0.3) is 78.4 Å². The highest BCUT2D eigenvalue weighted by Gasteiger charge is 2.15. The zero-order chi connectivity index (χ0) is 37.3. The van der Waals surface area contributed by atoms with Crippen molar-refractivity contribution < 1.29 is 0 Å². The van der Waals surface area contributed by atoms with E-state index in [4.69, 9.17) is 9.97 Å². The van der Waals surface area contributed by atoms with Gasteiger partial charge in [0.05, 0.1) is 11.4 Å². The molecule has 0 saturated carbocycles. The summed E-state index contributed by atoms with van der Waals surface area (Å²) in [6.45, 7) is 12.9. The molecule has 0 aliphatic rings. The van der Waals surface area contributed by atoms with Crippen molar-refractivity contribution in [2.24, 2.45) is 0 Å². The predicted octanol–water partition coefficient (Wildman–Crippen LogP) is 14.0. The zero-order valence-corrected chi connectivity index (χ0v) is 31.9. The first-order valence-electron chi connectivity index (χ1n) is 18.7. The summed E-state index contributed by atoms with van der Waals surface area (Å²) in [5.41, 5.74) is 21.8. The molecule has 8 aromatic rings. The molecule has 8 rings (SSSR count). The number of aryl methyl sites for hydroxylation is 6. The van der Waals surface area contributed by atoms with Crippen LogP contribution in [-0.2, 0) is 0 Å². The molecule has 0 atom stereocenters. The van der Waals surface area contributed by atoms with Crippen molar-refractivity contribution in [3.05, 3.63) is 191 Å². The van der Waals surface area contributed by atoms with Gasteiger partial charge in [-0.15, -0.1) is 0 Å². The number of aromatic nitrogens is 2. The summed E-state index contributed by atoms with van der Waals surface area (Å²) in [5.74, 6) is 0.725. The van der Waals surface area contributed by atoms with Gasteiger partial charge in [0.15, 0.2) is 5.82 Å². The summed E-state index contributed by atoms with van der Waals surface area (Å²) in [5, 5.41) is 0. The summed E-state index contributed by atoms with van der Waals surface area (Å²) in [7, 11) is 0. The van der Waals surface area contributed by atoms with Crippen LogP contribution in [0.4, 0.5) is 0 Å². The van der Waals surface area contributed by atoms with Gasteiger partial charge in [-0.3, -0.25) is 0 Å². The summed E-state index contributed by atoms with van der Waals surface area (Å²) in [4.78, 5) is 10.6. The fraction of sp³-hybridized carbons (Fsp3) is 0.115. The molecule has 0 saturated heterocycles. The van der Waals surface area contributed by atoms with Gasteiger partial charge in [0.2, 0.25) is 0 Å². The van der Waals surface area contributed by atoms with Gasteiger partial charge in [-0.1, -0.05) is 125 Å². The number of benzene rings is 7. The van der Waals surface area contributed by atoms with Crippen LogP contribution in [0.3, 0.4) is 0 Å². The quantitative estimate of drug-likeness (QED) is 0.166. The molecule has 2 nitrogen and oxygen atoms in total. The van der Waals surface area contributed by atoms with Gasteiger partial charge >= 0.3 is 0 Å². The highest BCUT2D eigenvalue weighted by molar-refractivity contribution is 5.81. The summed E-state index contributed by atoms with van der Waals surface area (Å²) in [6, 6.07) is 57.4. The lowest BCUT2D eigenvalue weighted by atomic mass is 9.94. The van der Waals surface area contributed by atoms with Gasteiger partial charge in [0, 0.05) is 16.7 Å². The average molecular weight is 697 g/mol. The zero-order valence-electron chi connectivity index (χ0n) is 31.9. The predicted molar refractivity (Wildman–Crippen MR) is 229 cm³/mol. The maximum atomic E-state index is 5.28. The summed E-state index contributed by atoms with van der Waals surface area (Å²) in [6.07, 6.45) is 0. The fourth-order valence-corrected chi connectivity index (χ4v) is 7.58. The van der Waals surface area contributed by atoms with E-state index in [1.54, 1.807) is 0 Å². The van der Waals surface area contributed by atoms with E-state index in [1.165, 1.54) is 77.9 Å². The molecule has 0 fully saturated rings. The summed E-state index contributed by atoms with van der Waals surface area (Å²) < 4.78 is 0. The summed E-state index contributed by atoms with van der Waals surface area (Å²) >= 11 is 0. The van der Waals surface area contributed by atoms with Crippen molar-refractivity contribution in [3.8, 4) is 78.4 Å². The highest BCUT2D eigenvalue weighted by Crippen LogP contribution is 2.36. The third-order valence-corrected chi connectivity index (χ3v) is 10.0. The minimum absolute atomic E-state index is 0.725. The molecule has 0 aliphatic heterocycles. The molecule has 0 spiro atoms. The van der Waals surface area contributed by atoms with Gasteiger partial charge in [0.25, 0.3) is 0 Å². The molecular weight excluding hydrogens is 653 g/mol. The average Bonchev–Trinajstić information content (AvgIpc) is 3.17. The molecule has 0 radical (unpaired) electrons. The van der Waals surface area contributed by atoms with E-state index >= 15 is 0 Å². The second-order valence-electron chi connectivity index (χ2n) is 14.9. The molecule has 7 aromatic carbocycles. The van der Waals surface area contributed by atoms with Crippen molar-refractivity contribution in [1.82, 2.24) is 9.97 Å². The van der Waals surface area contributed by atoms with Crippen molar-refractivity contribution in [1.29, 1.82) is 0 Å². The van der Waals surface area contributed by atoms with E-state index in [2.05, 4.69) is 199 Å². The third kappa shape index (κ3) is 7.56. The second kappa shape index (κ2) is 14.6. The van der Waals surface area contributed by atoms with Crippen molar-refractivity contribution >= 4 is 0 Å². The lowest BCUT2D eigenvalue weighted by Crippen LogP contribution is -1.98. The Balaban J connectivity index is 1.25. The minimum Gasteiger partial charge on any atom is -0.228 e. The third-order valence-electron chi connectivity index (χ3n) is 10.0. The standard InChI is InChI=1S/C52H44N2/c1-33-11-7-13-39(20-33)41-15-9-17-43(28-41)45-22-37(5)24-47(30-45)50-32-51(54-52(53-50)49-26-35(3)19-36(4)27-49)48-25-38(6)23-46(31-48)44-18-10-16-42(29-44)40-14-8-12-34(2)21-40/h7-32H,1-6H3.